The van der Waals surface area contributed by atoms with Crippen LogP contribution in [0.3, 0.4) is 0 Å². The Morgan fingerprint density at radius 1 is 1.16 bits per heavy atom. The summed E-state index contributed by atoms with van der Waals surface area (Å²) in [5.74, 6) is 1.88. The van der Waals surface area contributed by atoms with Crippen LogP contribution in [0.2, 0.25) is 0 Å². The summed E-state index contributed by atoms with van der Waals surface area (Å²) in [6.07, 6.45) is 3.80. The van der Waals surface area contributed by atoms with Crippen LogP contribution in [0.5, 0.6) is 0 Å². The van der Waals surface area contributed by atoms with Gasteiger partial charge in [-0.05, 0) is 31.9 Å². The summed E-state index contributed by atoms with van der Waals surface area (Å²) in [7, 11) is 1.36. The van der Waals surface area contributed by atoms with E-state index in [4.69, 9.17) is 4.74 Å². The molecular weight excluding hydrogens is 424 g/mol. The molecule has 0 spiro atoms. The van der Waals surface area contributed by atoms with E-state index in [0.29, 0.717) is 21.7 Å². The molecule has 168 valence electrons. The molecule has 0 bridgehead atoms. The third kappa shape index (κ3) is 5.80. The number of thiazole rings is 1. The smallest absolute Gasteiger partial charge is 0.349 e. The van der Waals surface area contributed by atoms with Crippen molar-refractivity contribution in [2.75, 3.05) is 50.1 Å². The van der Waals surface area contributed by atoms with E-state index in [1.54, 1.807) is 0 Å². The van der Waals surface area contributed by atoms with E-state index in [1.165, 1.54) is 36.6 Å². The van der Waals surface area contributed by atoms with E-state index in [-0.39, 0.29) is 0 Å². The summed E-state index contributed by atoms with van der Waals surface area (Å²) < 4.78 is 4.74. The van der Waals surface area contributed by atoms with Gasteiger partial charge in [0.2, 0.25) is 0 Å². The number of benzene rings is 1. The van der Waals surface area contributed by atoms with Gasteiger partial charge in [-0.15, -0.1) is 0 Å². The van der Waals surface area contributed by atoms with Gasteiger partial charge in [-0.3, -0.25) is 4.90 Å². The maximum Gasteiger partial charge on any atom is 0.349 e. The van der Waals surface area contributed by atoms with Gasteiger partial charge >= 0.3 is 5.97 Å². The van der Waals surface area contributed by atoms with Gasteiger partial charge in [0, 0.05) is 32.2 Å². The Hall–Kier alpha value is -3.04. The van der Waals surface area contributed by atoms with Crippen LogP contribution in [-0.4, -0.2) is 65.7 Å². The SMILES string of the molecule is COC(=O)c1cnc(Nc2cc(N3CCN(CCCc4ccccc4)CC3)nc(C)n2)s1. The van der Waals surface area contributed by atoms with E-state index in [2.05, 4.69) is 60.4 Å². The van der Waals surface area contributed by atoms with Crippen LogP contribution in [0, 0.1) is 6.92 Å². The summed E-state index contributed by atoms with van der Waals surface area (Å²) in [6, 6.07) is 12.6. The van der Waals surface area contributed by atoms with Crippen molar-refractivity contribution < 1.29 is 9.53 Å². The molecule has 0 aliphatic carbocycles. The van der Waals surface area contributed by atoms with E-state index in [0.717, 1.165) is 45.0 Å². The minimum atomic E-state index is -0.392. The van der Waals surface area contributed by atoms with Gasteiger partial charge in [-0.1, -0.05) is 41.7 Å². The van der Waals surface area contributed by atoms with E-state index >= 15 is 0 Å². The lowest BCUT2D eigenvalue weighted by atomic mass is 10.1. The second-order valence-electron chi connectivity index (χ2n) is 7.72. The molecule has 1 fully saturated rings. The highest BCUT2D eigenvalue weighted by Crippen LogP contribution is 2.24. The molecule has 1 saturated heterocycles. The van der Waals surface area contributed by atoms with Crippen LogP contribution < -0.4 is 10.2 Å². The van der Waals surface area contributed by atoms with Crippen LogP contribution in [0.15, 0.2) is 42.6 Å². The molecule has 9 heteroatoms. The Bertz CT molecular complexity index is 1030. The fourth-order valence-electron chi connectivity index (χ4n) is 3.77. The number of aromatic nitrogens is 3. The number of ether oxygens (including phenoxy) is 1. The Morgan fingerprint density at radius 2 is 1.94 bits per heavy atom. The minimum Gasteiger partial charge on any atom is -0.465 e. The highest BCUT2D eigenvalue weighted by atomic mass is 32.1. The predicted molar refractivity (Wildman–Crippen MR) is 127 cm³/mol. The zero-order valence-corrected chi connectivity index (χ0v) is 19.3. The van der Waals surface area contributed by atoms with Crippen LogP contribution in [0.25, 0.3) is 0 Å². The number of nitrogens with one attached hydrogen (secondary N) is 1. The highest BCUT2D eigenvalue weighted by molar-refractivity contribution is 7.17. The Balaban J connectivity index is 1.31. The highest BCUT2D eigenvalue weighted by Gasteiger charge is 2.19. The Morgan fingerprint density at radius 3 is 2.69 bits per heavy atom. The van der Waals surface area contributed by atoms with E-state index < -0.39 is 5.97 Å². The molecule has 4 rings (SSSR count). The van der Waals surface area contributed by atoms with Gasteiger partial charge in [0.05, 0.1) is 13.3 Å². The fourth-order valence-corrected chi connectivity index (χ4v) is 4.51. The molecule has 0 amide bonds. The average Bonchev–Trinajstić information content (AvgIpc) is 3.28. The molecule has 2 aromatic heterocycles. The van der Waals surface area contributed by atoms with Crippen molar-refractivity contribution in [2.45, 2.75) is 19.8 Å². The number of hydrogen-bond acceptors (Lipinski definition) is 9. The second kappa shape index (κ2) is 10.5. The number of rotatable bonds is 8. The lowest BCUT2D eigenvalue weighted by Crippen LogP contribution is -2.47. The average molecular weight is 453 g/mol. The summed E-state index contributed by atoms with van der Waals surface area (Å²) in [5.41, 5.74) is 1.40. The zero-order valence-electron chi connectivity index (χ0n) is 18.5. The minimum absolute atomic E-state index is 0.392. The van der Waals surface area contributed by atoms with E-state index in [1.807, 2.05) is 13.0 Å². The summed E-state index contributed by atoms with van der Waals surface area (Å²) in [4.78, 5) is 30.3. The Kier molecular flexibility index (Phi) is 7.28. The molecule has 1 aliphatic heterocycles. The number of carbonyl (C=O) groups is 1. The lowest BCUT2D eigenvalue weighted by molar-refractivity contribution is 0.0606. The third-order valence-corrected chi connectivity index (χ3v) is 6.32. The summed E-state index contributed by atoms with van der Waals surface area (Å²) >= 11 is 1.24. The normalized spacial score (nSPS) is 14.4. The van der Waals surface area contributed by atoms with Gasteiger partial charge in [-0.2, -0.15) is 0 Å². The number of methoxy groups -OCH3 is 1. The van der Waals surface area contributed by atoms with Crippen molar-refractivity contribution in [3.63, 3.8) is 0 Å². The summed E-state index contributed by atoms with van der Waals surface area (Å²) in [6.45, 7) is 6.92. The standard InChI is InChI=1S/C23H28N6O2S/c1-17-25-20(27-23-24-16-19(32-23)22(30)31-2)15-21(26-17)29-13-11-28(12-14-29)10-6-9-18-7-4-3-5-8-18/h3-5,7-8,15-16H,6,9-14H2,1-2H3,(H,24,25,26,27). The number of carbonyl (C=O) groups excluding carboxylic acids is 1. The number of nitrogens with zero attached hydrogens (tertiary/aromatic N) is 5. The van der Waals surface area contributed by atoms with Crippen molar-refractivity contribution in [1.82, 2.24) is 19.9 Å². The fraction of sp³-hybridized carbons (Fsp3) is 0.391. The molecule has 8 nitrogen and oxygen atoms in total. The number of hydrogen-bond donors (Lipinski definition) is 1. The molecule has 1 aliphatic rings. The first-order valence-corrected chi connectivity index (χ1v) is 11.6. The van der Waals surface area contributed by atoms with Gasteiger partial charge in [-0.25, -0.2) is 19.7 Å². The van der Waals surface area contributed by atoms with E-state index in [9.17, 15) is 4.79 Å². The van der Waals surface area contributed by atoms with Gasteiger partial charge in [0.1, 0.15) is 22.3 Å². The number of aryl methyl sites for hydroxylation is 2. The third-order valence-electron chi connectivity index (χ3n) is 5.43. The maximum absolute atomic E-state index is 11.6. The molecule has 0 atom stereocenters. The molecule has 0 radical (unpaired) electrons. The first kappa shape index (κ1) is 22.2. The number of anilines is 3. The van der Waals surface area contributed by atoms with Crippen LogP contribution in [0.4, 0.5) is 16.8 Å². The van der Waals surface area contributed by atoms with Gasteiger partial charge in [0.25, 0.3) is 0 Å². The molecular formula is C23H28N6O2S. The maximum atomic E-state index is 11.6. The molecule has 1 aromatic carbocycles. The second-order valence-corrected chi connectivity index (χ2v) is 8.75. The predicted octanol–water partition coefficient (Wildman–Crippen LogP) is 3.53. The summed E-state index contributed by atoms with van der Waals surface area (Å²) in [5, 5.41) is 3.78. The number of piperazine rings is 1. The largest absolute Gasteiger partial charge is 0.465 e. The van der Waals surface area contributed by atoms with Crippen molar-refractivity contribution >= 4 is 34.1 Å². The van der Waals surface area contributed by atoms with Crippen molar-refractivity contribution in [3.05, 3.63) is 58.9 Å². The lowest BCUT2D eigenvalue weighted by Gasteiger charge is -2.35. The van der Waals surface area contributed by atoms with Crippen molar-refractivity contribution in [1.29, 1.82) is 0 Å². The monoisotopic (exact) mass is 452 g/mol. The first-order chi connectivity index (χ1) is 15.6. The zero-order chi connectivity index (χ0) is 22.3. The number of esters is 1. The molecule has 1 N–H and O–H groups in total. The van der Waals surface area contributed by atoms with Crippen LogP contribution in [0.1, 0.15) is 27.5 Å². The molecule has 32 heavy (non-hydrogen) atoms. The first-order valence-electron chi connectivity index (χ1n) is 10.8. The molecule has 3 heterocycles. The molecule has 0 unspecified atom stereocenters. The molecule has 0 saturated carbocycles. The van der Waals surface area contributed by atoms with Crippen LogP contribution in [-0.2, 0) is 11.2 Å². The topological polar surface area (TPSA) is 83.5 Å². The van der Waals surface area contributed by atoms with Crippen LogP contribution >= 0.6 is 11.3 Å². The van der Waals surface area contributed by atoms with Crippen molar-refractivity contribution in [2.24, 2.45) is 0 Å². The quantitative estimate of drug-likeness (QED) is 0.520. The van der Waals surface area contributed by atoms with Gasteiger partial charge < -0.3 is 15.0 Å². The van der Waals surface area contributed by atoms with Gasteiger partial charge in [0.15, 0.2) is 5.13 Å². The molecule has 3 aromatic rings. The Labute approximate surface area is 192 Å². The van der Waals surface area contributed by atoms with Crippen molar-refractivity contribution in [3.8, 4) is 0 Å².